The minimum atomic E-state index is -0.461. The first-order chi connectivity index (χ1) is 13.8. The smallest absolute Gasteiger partial charge is 0.229 e. The second-order valence-electron chi connectivity index (χ2n) is 8.35. The summed E-state index contributed by atoms with van der Waals surface area (Å²) in [7, 11) is 0. The van der Waals surface area contributed by atoms with Crippen molar-refractivity contribution in [3.8, 4) is 0 Å². The number of hydrogen-bond acceptors (Lipinski definition) is 7. The second kappa shape index (κ2) is 9.71. The molecule has 29 heavy (non-hydrogen) atoms. The van der Waals surface area contributed by atoms with Gasteiger partial charge < -0.3 is 10.6 Å². The number of anilines is 2. The Bertz CT molecular complexity index is 837. The van der Waals surface area contributed by atoms with Crippen molar-refractivity contribution in [2.75, 3.05) is 16.4 Å². The number of nitrogens with one attached hydrogen (secondary N) is 2. The minimum Gasteiger partial charge on any atom is -0.357 e. The maximum absolute atomic E-state index is 12.5. The van der Waals surface area contributed by atoms with Crippen LogP contribution >= 0.6 is 23.1 Å². The van der Waals surface area contributed by atoms with Crippen LogP contribution in [0.2, 0.25) is 0 Å². The molecule has 0 bridgehead atoms. The molecule has 1 aliphatic carbocycles. The van der Waals surface area contributed by atoms with Gasteiger partial charge in [-0.25, -0.2) is 0 Å². The maximum atomic E-state index is 12.5. The Morgan fingerprint density at radius 3 is 2.45 bits per heavy atom. The molecule has 1 fully saturated rings. The van der Waals surface area contributed by atoms with E-state index in [9.17, 15) is 9.59 Å². The summed E-state index contributed by atoms with van der Waals surface area (Å²) in [5.74, 6) is 0.285. The van der Waals surface area contributed by atoms with E-state index in [1.54, 1.807) is 24.3 Å². The molecular formula is C21H28N4O2S2. The van der Waals surface area contributed by atoms with Gasteiger partial charge in [-0.3, -0.25) is 9.59 Å². The summed E-state index contributed by atoms with van der Waals surface area (Å²) in [6.45, 7) is 5.59. The van der Waals surface area contributed by atoms with Gasteiger partial charge in [0, 0.05) is 22.7 Å². The number of nitrogens with zero attached hydrogens (tertiary/aromatic N) is 2. The lowest BCUT2D eigenvalue weighted by atomic mass is 9.95. The molecule has 156 valence electrons. The summed E-state index contributed by atoms with van der Waals surface area (Å²) in [6, 6.07) is 7.51. The fourth-order valence-corrected chi connectivity index (χ4v) is 4.74. The number of Topliss-reactive ketones (excluding diaryl/α,β-unsaturated/α-hetero) is 1. The number of carbonyl (C=O) groups is 2. The number of hydrogen-bond donors (Lipinski definition) is 2. The maximum Gasteiger partial charge on any atom is 0.229 e. The lowest BCUT2D eigenvalue weighted by Crippen LogP contribution is -2.27. The molecule has 0 unspecified atom stereocenters. The lowest BCUT2D eigenvalue weighted by Gasteiger charge is -2.21. The molecule has 1 saturated carbocycles. The topological polar surface area (TPSA) is 84.0 Å². The Hall–Kier alpha value is -1.93. The summed E-state index contributed by atoms with van der Waals surface area (Å²) in [4.78, 5) is 24.5. The van der Waals surface area contributed by atoms with E-state index >= 15 is 0 Å². The summed E-state index contributed by atoms with van der Waals surface area (Å²) < 4.78 is 0.797. The van der Waals surface area contributed by atoms with Crippen molar-refractivity contribution in [3.63, 3.8) is 0 Å². The number of amides is 1. The van der Waals surface area contributed by atoms with Crippen molar-refractivity contribution in [1.82, 2.24) is 10.2 Å². The van der Waals surface area contributed by atoms with Gasteiger partial charge >= 0.3 is 0 Å². The highest BCUT2D eigenvalue weighted by atomic mass is 32.2. The summed E-state index contributed by atoms with van der Waals surface area (Å²) in [6.07, 6.45) is 6.23. The molecule has 2 N–H and O–H groups in total. The molecule has 1 amide bonds. The molecule has 0 saturated heterocycles. The zero-order chi connectivity index (χ0) is 20.9. The number of thioether (sulfide) groups is 1. The van der Waals surface area contributed by atoms with Crippen LogP contribution in [0.15, 0.2) is 28.6 Å². The first-order valence-electron chi connectivity index (χ1n) is 9.99. The molecule has 0 radical (unpaired) electrons. The van der Waals surface area contributed by atoms with Gasteiger partial charge in [-0.2, -0.15) is 0 Å². The fourth-order valence-electron chi connectivity index (χ4n) is 3.02. The van der Waals surface area contributed by atoms with Gasteiger partial charge in [0.25, 0.3) is 0 Å². The van der Waals surface area contributed by atoms with Crippen LogP contribution in [0.25, 0.3) is 0 Å². The third-order valence-electron chi connectivity index (χ3n) is 4.81. The third-order valence-corrected chi connectivity index (χ3v) is 6.80. The van der Waals surface area contributed by atoms with Gasteiger partial charge in [-0.15, -0.1) is 10.2 Å². The Morgan fingerprint density at radius 2 is 1.79 bits per heavy atom. The van der Waals surface area contributed by atoms with Crippen LogP contribution in [-0.2, 0) is 4.79 Å². The van der Waals surface area contributed by atoms with Crippen LogP contribution in [-0.4, -0.2) is 33.7 Å². The van der Waals surface area contributed by atoms with Crippen LogP contribution in [0.1, 0.15) is 63.2 Å². The normalized spacial score (nSPS) is 15.1. The lowest BCUT2D eigenvalue weighted by molar-refractivity contribution is -0.123. The van der Waals surface area contributed by atoms with E-state index in [2.05, 4.69) is 20.8 Å². The zero-order valence-electron chi connectivity index (χ0n) is 17.2. The molecule has 1 aliphatic rings. The van der Waals surface area contributed by atoms with Gasteiger partial charge in [0.2, 0.25) is 11.0 Å². The molecule has 1 aromatic heterocycles. The van der Waals surface area contributed by atoms with E-state index in [4.69, 9.17) is 0 Å². The van der Waals surface area contributed by atoms with E-state index in [-0.39, 0.29) is 11.7 Å². The SMILES string of the molecule is CC(C)(C)C(=O)Nc1ccc(C(=O)CSc2nnc(NC3CCCCC3)s2)cc1. The Morgan fingerprint density at radius 1 is 1.10 bits per heavy atom. The van der Waals surface area contributed by atoms with Crippen LogP contribution in [0.5, 0.6) is 0 Å². The molecular weight excluding hydrogens is 404 g/mol. The highest BCUT2D eigenvalue weighted by Gasteiger charge is 2.21. The van der Waals surface area contributed by atoms with Gasteiger partial charge in [-0.1, -0.05) is 63.1 Å². The Labute approximate surface area is 180 Å². The molecule has 6 nitrogen and oxygen atoms in total. The average molecular weight is 433 g/mol. The minimum absolute atomic E-state index is 0.0284. The molecule has 0 spiro atoms. The van der Waals surface area contributed by atoms with Gasteiger partial charge in [-0.05, 0) is 37.1 Å². The van der Waals surface area contributed by atoms with Crippen molar-refractivity contribution in [2.24, 2.45) is 5.41 Å². The molecule has 3 rings (SSSR count). The highest BCUT2D eigenvalue weighted by Crippen LogP contribution is 2.29. The summed E-state index contributed by atoms with van der Waals surface area (Å²) in [5.41, 5.74) is 0.852. The number of rotatable bonds is 7. The number of benzene rings is 1. The number of ketones is 1. The van der Waals surface area contributed by atoms with Crippen molar-refractivity contribution in [3.05, 3.63) is 29.8 Å². The van der Waals surface area contributed by atoms with Crippen LogP contribution in [0, 0.1) is 5.41 Å². The van der Waals surface area contributed by atoms with E-state index in [0.29, 0.717) is 23.0 Å². The van der Waals surface area contributed by atoms with Gasteiger partial charge in [0.1, 0.15) is 0 Å². The molecule has 0 atom stereocenters. The monoisotopic (exact) mass is 432 g/mol. The van der Waals surface area contributed by atoms with Crippen LogP contribution in [0.3, 0.4) is 0 Å². The predicted octanol–water partition coefficient (Wildman–Crippen LogP) is 5.24. The van der Waals surface area contributed by atoms with Crippen molar-refractivity contribution < 1.29 is 9.59 Å². The standard InChI is InChI=1S/C21H28N4O2S2/c1-21(2,3)18(27)22-16-11-9-14(10-12-16)17(26)13-28-20-25-24-19(29-20)23-15-7-5-4-6-8-15/h9-12,15H,4-8,13H2,1-3H3,(H,22,27)(H,23,24). The van der Waals surface area contributed by atoms with E-state index in [0.717, 1.165) is 9.47 Å². The first-order valence-corrected chi connectivity index (χ1v) is 11.8. The quantitative estimate of drug-likeness (QED) is 0.460. The largest absolute Gasteiger partial charge is 0.357 e. The fraction of sp³-hybridized carbons (Fsp3) is 0.524. The van der Waals surface area contributed by atoms with Crippen LogP contribution < -0.4 is 10.6 Å². The second-order valence-corrected chi connectivity index (χ2v) is 10.5. The Kier molecular flexibility index (Phi) is 7.29. The summed E-state index contributed by atoms with van der Waals surface area (Å²) >= 11 is 2.92. The van der Waals surface area contributed by atoms with E-state index in [1.165, 1.54) is 55.2 Å². The first kappa shape index (κ1) is 21.8. The number of aromatic nitrogens is 2. The third kappa shape index (κ3) is 6.54. The average Bonchev–Trinajstić information content (AvgIpc) is 3.14. The summed E-state index contributed by atoms with van der Waals surface area (Å²) in [5, 5.41) is 15.6. The molecule has 2 aromatic rings. The number of carbonyl (C=O) groups excluding carboxylic acids is 2. The van der Waals surface area contributed by atoms with Crippen molar-refractivity contribution in [2.45, 2.75) is 63.3 Å². The molecule has 1 aromatic carbocycles. The van der Waals surface area contributed by atoms with Crippen molar-refractivity contribution in [1.29, 1.82) is 0 Å². The van der Waals surface area contributed by atoms with Crippen molar-refractivity contribution >= 4 is 45.6 Å². The highest BCUT2D eigenvalue weighted by molar-refractivity contribution is 8.01. The van der Waals surface area contributed by atoms with E-state index < -0.39 is 5.41 Å². The molecule has 1 heterocycles. The Balaban J connectivity index is 1.48. The molecule has 0 aliphatic heterocycles. The van der Waals surface area contributed by atoms with Gasteiger partial charge in [0.15, 0.2) is 10.1 Å². The predicted molar refractivity (Wildman–Crippen MR) is 120 cm³/mol. The molecule has 8 heteroatoms. The zero-order valence-corrected chi connectivity index (χ0v) is 18.8. The van der Waals surface area contributed by atoms with Gasteiger partial charge in [0.05, 0.1) is 5.75 Å². The van der Waals surface area contributed by atoms with E-state index in [1.807, 2.05) is 20.8 Å². The van der Waals surface area contributed by atoms with Crippen LogP contribution in [0.4, 0.5) is 10.8 Å².